The zero-order chi connectivity index (χ0) is 22.9. The van der Waals surface area contributed by atoms with Gasteiger partial charge in [-0.3, -0.25) is 20.2 Å². The summed E-state index contributed by atoms with van der Waals surface area (Å²) in [7, 11) is 0. The lowest BCUT2D eigenvalue weighted by Crippen LogP contribution is -2.10. The van der Waals surface area contributed by atoms with Crippen LogP contribution in [0, 0.1) is 17.0 Å². The van der Waals surface area contributed by atoms with E-state index in [9.17, 15) is 14.9 Å². The number of nitrogens with zero attached hydrogens (tertiary/aromatic N) is 2. The maximum atomic E-state index is 12.7. The van der Waals surface area contributed by atoms with E-state index in [4.69, 9.17) is 4.42 Å². The minimum atomic E-state index is -0.483. The average molecular weight is 455 g/mol. The number of nitro groups is 1. The number of para-hydroxylation sites is 1. The van der Waals surface area contributed by atoms with Crippen LogP contribution in [0.5, 0.6) is 0 Å². The molecule has 0 fully saturated rings. The Morgan fingerprint density at radius 2 is 1.73 bits per heavy atom. The number of hydrogen-bond donors (Lipinski definition) is 1. The van der Waals surface area contributed by atoms with Gasteiger partial charge in [-0.15, -0.1) is 11.3 Å². The number of aromatic nitrogens is 1. The molecule has 0 saturated carbocycles. The normalized spacial score (nSPS) is 10.9. The Bertz CT molecular complexity index is 1520. The largest absolute Gasteiger partial charge is 0.451 e. The Kier molecular flexibility index (Phi) is 5.20. The number of carbonyl (C=O) groups excluding carboxylic acids is 1. The first-order chi connectivity index (χ1) is 16.0. The van der Waals surface area contributed by atoms with Crippen LogP contribution in [-0.2, 0) is 0 Å². The number of thiazole rings is 1. The van der Waals surface area contributed by atoms with Crippen molar-refractivity contribution < 1.29 is 14.1 Å². The van der Waals surface area contributed by atoms with Gasteiger partial charge in [-0.05, 0) is 41.5 Å². The molecule has 0 aliphatic rings. The van der Waals surface area contributed by atoms with Gasteiger partial charge in [-0.2, -0.15) is 0 Å². The second kappa shape index (κ2) is 8.33. The number of fused-ring (bicyclic) bond motifs is 1. The molecule has 5 aromatic rings. The predicted molar refractivity (Wildman–Crippen MR) is 129 cm³/mol. The fraction of sp³-hybridized carbons (Fsp3) is 0.0400. The quantitative estimate of drug-likeness (QED) is 0.235. The van der Waals surface area contributed by atoms with Crippen molar-refractivity contribution in [2.75, 3.05) is 5.32 Å². The fourth-order valence-corrected chi connectivity index (χ4v) is 4.44. The third kappa shape index (κ3) is 3.88. The van der Waals surface area contributed by atoms with Crippen molar-refractivity contribution in [3.8, 4) is 22.6 Å². The molecule has 1 N–H and O–H groups in total. The average Bonchev–Trinajstić information content (AvgIpc) is 3.50. The van der Waals surface area contributed by atoms with E-state index in [1.165, 1.54) is 29.0 Å². The topological polar surface area (TPSA) is 98.3 Å². The number of furan rings is 1. The summed E-state index contributed by atoms with van der Waals surface area (Å²) in [5.41, 5.74) is 3.17. The van der Waals surface area contributed by atoms with Gasteiger partial charge in [0.05, 0.1) is 16.2 Å². The standard InChI is InChI=1S/C25H17N3O4S/c1-15-10-11-18(17-7-3-2-6-16(15)17)20-14-33-25(26-20)27-24(29)23-13-12-22(32-23)19-8-4-5-9-21(19)28(30)31/h2-14H,1H3,(H,26,27,29). The Labute approximate surface area is 192 Å². The molecule has 2 heterocycles. The molecule has 33 heavy (non-hydrogen) atoms. The van der Waals surface area contributed by atoms with Gasteiger partial charge in [0.2, 0.25) is 0 Å². The summed E-state index contributed by atoms with van der Waals surface area (Å²) < 4.78 is 5.62. The summed E-state index contributed by atoms with van der Waals surface area (Å²) >= 11 is 1.32. The van der Waals surface area contributed by atoms with Gasteiger partial charge in [0.15, 0.2) is 10.9 Å². The SMILES string of the molecule is Cc1ccc(-c2csc(NC(=O)c3ccc(-c4ccccc4[N+](=O)[O-])o3)n2)c2ccccc12. The van der Waals surface area contributed by atoms with Crippen LogP contribution in [0.25, 0.3) is 33.4 Å². The lowest BCUT2D eigenvalue weighted by molar-refractivity contribution is -0.384. The Morgan fingerprint density at radius 1 is 0.970 bits per heavy atom. The fourth-order valence-electron chi connectivity index (χ4n) is 3.73. The van der Waals surface area contributed by atoms with E-state index in [1.807, 2.05) is 23.6 Å². The van der Waals surface area contributed by atoms with Crippen LogP contribution in [0.15, 0.2) is 82.6 Å². The van der Waals surface area contributed by atoms with Crippen LogP contribution in [0.1, 0.15) is 16.1 Å². The number of rotatable bonds is 5. The van der Waals surface area contributed by atoms with Crippen LogP contribution >= 0.6 is 11.3 Å². The third-order valence-corrected chi connectivity index (χ3v) is 6.10. The number of benzene rings is 3. The van der Waals surface area contributed by atoms with Gasteiger partial charge < -0.3 is 4.42 Å². The summed E-state index contributed by atoms with van der Waals surface area (Å²) in [5, 5.41) is 18.6. The molecule has 162 valence electrons. The monoisotopic (exact) mass is 455 g/mol. The molecule has 0 aliphatic heterocycles. The summed E-state index contributed by atoms with van der Waals surface area (Å²) in [6.45, 7) is 2.07. The molecule has 7 nitrogen and oxygen atoms in total. The van der Waals surface area contributed by atoms with Crippen molar-refractivity contribution in [2.45, 2.75) is 6.92 Å². The molecule has 0 spiro atoms. The molecule has 1 amide bonds. The summed E-state index contributed by atoms with van der Waals surface area (Å²) in [5.74, 6) is -0.186. The molecule has 0 atom stereocenters. The lowest BCUT2D eigenvalue weighted by atomic mass is 9.99. The minimum absolute atomic E-state index is 0.0423. The van der Waals surface area contributed by atoms with Gasteiger partial charge in [0, 0.05) is 17.0 Å². The van der Waals surface area contributed by atoms with E-state index >= 15 is 0 Å². The zero-order valence-electron chi connectivity index (χ0n) is 17.4. The number of hydrogen-bond acceptors (Lipinski definition) is 6. The van der Waals surface area contributed by atoms with Crippen LogP contribution < -0.4 is 5.32 Å². The van der Waals surface area contributed by atoms with Gasteiger partial charge in [0.1, 0.15) is 5.76 Å². The molecular formula is C25H17N3O4S. The summed E-state index contributed by atoms with van der Waals surface area (Å²) in [4.78, 5) is 28.1. The molecule has 3 aromatic carbocycles. The predicted octanol–water partition coefficient (Wildman–Crippen LogP) is 6.69. The smallest absolute Gasteiger partial charge is 0.293 e. The highest BCUT2D eigenvalue weighted by Crippen LogP contribution is 2.33. The molecule has 0 radical (unpaired) electrons. The molecule has 8 heteroatoms. The highest BCUT2D eigenvalue weighted by atomic mass is 32.1. The van der Waals surface area contributed by atoms with Gasteiger partial charge in [-0.1, -0.05) is 48.5 Å². The number of amides is 1. The zero-order valence-corrected chi connectivity index (χ0v) is 18.3. The molecule has 0 bridgehead atoms. The first-order valence-corrected chi connectivity index (χ1v) is 11.0. The molecule has 0 saturated heterocycles. The van der Waals surface area contributed by atoms with Crippen molar-refractivity contribution in [1.82, 2.24) is 4.98 Å². The van der Waals surface area contributed by atoms with Crippen LogP contribution in [0.4, 0.5) is 10.8 Å². The van der Waals surface area contributed by atoms with E-state index < -0.39 is 10.8 Å². The van der Waals surface area contributed by atoms with Gasteiger partial charge in [0.25, 0.3) is 11.6 Å². The van der Waals surface area contributed by atoms with E-state index in [2.05, 4.69) is 35.4 Å². The van der Waals surface area contributed by atoms with Crippen molar-refractivity contribution in [3.63, 3.8) is 0 Å². The second-order valence-electron chi connectivity index (χ2n) is 7.41. The van der Waals surface area contributed by atoms with Gasteiger partial charge in [-0.25, -0.2) is 4.98 Å². The first kappa shape index (κ1) is 20.6. The van der Waals surface area contributed by atoms with Crippen molar-refractivity contribution in [2.24, 2.45) is 0 Å². The maximum absolute atomic E-state index is 12.7. The maximum Gasteiger partial charge on any atom is 0.293 e. The Balaban J connectivity index is 1.39. The van der Waals surface area contributed by atoms with Gasteiger partial charge >= 0.3 is 0 Å². The molecule has 5 rings (SSSR count). The highest BCUT2D eigenvalue weighted by molar-refractivity contribution is 7.14. The van der Waals surface area contributed by atoms with E-state index in [-0.39, 0.29) is 17.2 Å². The number of carbonyl (C=O) groups is 1. The van der Waals surface area contributed by atoms with E-state index in [0.29, 0.717) is 10.7 Å². The van der Waals surface area contributed by atoms with E-state index in [0.717, 1.165) is 22.0 Å². The number of anilines is 1. The second-order valence-corrected chi connectivity index (χ2v) is 8.26. The van der Waals surface area contributed by atoms with Crippen molar-refractivity contribution in [3.05, 3.63) is 99.6 Å². The molecule has 0 aliphatic carbocycles. The highest BCUT2D eigenvalue weighted by Gasteiger charge is 2.20. The van der Waals surface area contributed by atoms with Crippen molar-refractivity contribution in [1.29, 1.82) is 0 Å². The molecular weight excluding hydrogens is 438 g/mol. The van der Waals surface area contributed by atoms with Crippen LogP contribution in [-0.4, -0.2) is 15.8 Å². The molecule has 2 aromatic heterocycles. The van der Waals surface area contributed by atoms with Crippen molar-refractivity contribution >= 4 is 38.8 Å². The Morgan fingerprint density at radius 3 is 2.55 bits per heavy atom. The number of nitro benzene ring substituents is 1. The minimum Gasteiger partial charge on any atom is -0.451 e. The molecule has 0 unspecified atom stereocenters. The van der Waals surface area contributed by atoms with Crippen LogP contribution in [0.2, 0.25) is 0 Å². The first-order valence-electron chi connectivity index (χ1n) is 10.1. The Hall–Kier alpha value is -4.30. The number of aryl methyl sites for hydroxylation is 1. The van der Waals surface area contributed by atoms with Crippen LogP contribution in [0.3, 0.4) is 0 Å². The van der Waals surface area contributed by atoms with E-state index in [1.54, 1.807) is 24.3 Å². The third-order valence-electron chi connectivity index (χ3n) is 5.34. The lowest BCUT2D eigenvalue weighted by Gasteiger charge is -2.06. The summed E-state index contributed by atoms with van der Waals surface area (Å²) in [6.07, 6.45) is 0. The number of nitrogens with one attached hydrogen (secondary N) is 1. The summed E-state index contributed by atoms with van der Waals surface area (Å²) in [6, 6.07) is 21.5.